The predicted octanol–water partition coefficient (Wildman–Crippen LogP) is 9.66. The van der Waals surface area contributed by atoms with Gasteiger partial charge in [-0.1, -0.05) is 147 Å². The van der Waals surface area contributed by atoms with Crippen LogP contribution < -0.4 is 5.32 Å². The van der Waals surface area contributed by atoms with Crippen LogP contribution in [0.25, 0.3) is 0 Å². The van der Waals surface area contributed by atoms with Gasteiger partial charge in [-0.15, -0.1) is 0 Å². The third kappa shape index (κ3) is 34.8. The van der Waals surface area contributed by atoms with E-state index in [0.717, 1.165) is 83.5 Å². The molecule has 0 aromatic carbocycles. The molecule has 3 atom stereocenters. The number of hydrogen-bond donors (Lipinski definition) is 4. The Kier molecular flexibility index (Phi) is 34.1. The summed E-state index contributed by atoms with van der Waals surface area (Å²) in [5.74, 6) is -2.39. The van der Waals surface area contributed by atoms with Crippen molar-refractivity contribution < 1.29 is 47.8 Å². The molecule has 0 aromatic heterocycles. The summed E-state index contributed by atoms with van der Waals surface area (Å²) < 4.78 is 26.7. The molecule has 0 bridgehead atoms. The highest BCUT2D eigenvalue weighted by atomic mass is 31.2. The fourth-order valence-electron chi connectivity index (χ4n) is 5.33. The average Bonchev–Trinajstić information content (AvgIpc) is 3.11. The maximum Gasteiger partial charge on any atom is 0.472 e. The lowest BCUT2D eigenvalue weighted by Gasteiger charge is -2.18. The Hall–Kier alpha value is -2.30. The third-order valence-electron chi connectivity index (χ3n) is 8.44. The lowest BCUT2D eigenvalue weighted by atomic mass is 10.1. The number of aliphatic carboxylic acids is 1. The highest BCUT2D eigenvalue weighted by molar-refractivity contribution is 7.47. The minimum absolute atomic E-state index is 0.134. The molecule has 302 valence electrons. The zero-order chi connectivity index (χ0) is 38.5. The van der Waals surface area contributed by atoms with Crippen LogP contribution in [-0.4, -0.2) is 64.9 Å². The SMILES string of the molecule is CC/C=C\C/C=C\C/C=C\CCCCCCCCCC(=O)NC(COP(=O)(O)OCC(O)COC(=O)CCCCCCCCCCCCC)C(=O)O. The fourth-order valence-corrected chi connectivity index (χ4v) is 6.10. The fraction of sp³-hybridized carbons (Fsp3) is 0.775. The topological polar surface area (TPSA) is 169 Å². The van der Waals surface area contributed by atoms with Gasteiger partial charge in [-0.3, -0.25) is 18.6 Å². The predicted molar refractivity (Wildman–Crippen MR) is 208 cm³/mol. The number of allylic oxidation sites excluding steroid dienone is 6. The molecular weight excluding hydrogens is 685 g/mol. The minimum Gasteiger partial charge on any atom is -0.480 e. The molecule has 0 fully saturated rings. The number of amides is 1. The van der Waals surface area contributed by atoms with Crippen LogP contribution >= 0.6 is 7.82 Å². The lowest BCUT2D eigenvalue weighted by molar-refractivity contribution is -0.147. The van der Waals surface area contributed by atoms with Crippen molar-refractivity contribution in [2.75, 3.05) is 19.8 Å². The van der Waals surface area contributed by atoms with Gasteiger partial charge in [-0.2, -0.15) is 0 Å². The molecule has 0 saturated heterocycles. The van der Waals surface area contributed by atoms with Crippen molar-refractivity contribution >= 4 is 25.7 Å². The number of phosphoric acid groups is 1. The molecule has 0 heterocycles. The maximum atomic E-state index is 12.3. The molecular formula is C40H72NO10P. The van der Waals surface area contributed by atoms with E-state index in [2.05, 4.69) is 55.6 Å². The zero-order valence-electron chi connectivity index (χ0n) is 32.4. The summed E-state index contributed by atoms with van der Waals surface area (Å²) in [6.45, 7) is 2.45. The van der Waals surface area contributed by atoms with E-state index >= 15 is 0 Å². The molecule has 52 heavy (non-hydrogen) atoms. The van der Waals surface area contributed by atoms with Crippen molar-refractivity contribution in [2.45, 2.75) is 180 Å². The number of unbranched alkanes of at least 4 members (excludes halogenated alkanes) is 17. The van der Waals surface area contributed by atoms with Crippen molar-refractivity contribution in [2.24, 2.45) is 0 Å². The van der Waals surface area contributed by atoms with Crippen molar-refractivity contribution in [1.82, 2.24) is 5.32 Å². The molecule has 1 amide bonds. The Morgan fingerprint density at radius 3 is 1.67 bits per heavy atom. The summed E-state index contributed by atoms with van der Waals surface area (Å²) in [6, 6.07) is -1.55. The lowest BCUT2D eigenvalue weighted by Crippen LogP contribution is -2.43. The first-order chi connectivity index (χ1) is 25.1. The van der Waals surface area contributed by atoms with E-state index in [-0.39, 0.29) is 12.8 Å². The summed E-state index contributed by atoms with van der Waals surface area (Å²) in [4.78, 5) is 45.7. The highest BCUT2D eigenvalue weighted by Gasteiger charge is 2.28. The van der Waals surface area contributed by atoms with E-state index < -0.39 is 57.6 Å². The zero-order valence-corrected chi connectivity index (χ0v) is 33.3. The first kappa shape index (κ1) is 49.7. The van der Waals surface area contributed by atoms with E-state index in [0.29, 0.717) is 12.8 Å². The second kappa shape index (κ2) is 35.7. The summed E-state index contributed by atoms with van der Waals surface area (Å²) in [7, 11) is -4.75. The quantitative estimate of drug-likeness (QED) is 0.0207. The van der Waals surface area contributed by atoms with Gasteiger partial charge >= 0.3 is 19.8 Å². The van der Waals surface area contributed by atoms with Gasteiger partial charge in [0.05, 0.1) is 13.2 Å². The Balaban J connectivity index is 3.96. The standard InChI is InChI=1S/C40H72NO10P/c1-3-5-7-9-11-13-15-16-17-18-19-20-22-23-25-27-29-31-38(43)41-37(40(45)46)35-51-52(47,48)50-34-36(42)33-49-39(44)32-30-28-26-24-21-14-12-10-8-6-4-2/h5,7,11,13,16-17,36-37,42H,3-4,6,8-10,12,14-15,18-35H2,1-2H3,(H,41,43)(H,45,46)(H,47,48)/b7-5-,13-11-,17-16-. The number of carboxylic acid groups (broad SMARTS) is 1. The van der Waals surface area contributed by atoms with Gasteiger partial charge in [0.25, 0.3) is 0 Å². The van der Waals surface area contributed by atoms with Crippen LogP contribution in [0.1, 0.15) is 168 Å². The molecule has 0 radical (unpaired) electrons. The van der Waals surface area contributed by atoms with Crippen molar-refractivity contribution in [3.8, 4) is 0 Å². The Morgan fingerprint density at radius 2 is 1.12 bits per heavy atom. The molecule has 0 aliphatic rings. The number of aliphatic hydroxyl groups is 1. The molecule has 0 aromatic rings. The maximum absolute atomic E-state index is 12.3. The van der Waals surface area contributed by atoms with E-state index in [9.17, 15) is 34.1 Å². The summed E-state index contributed by atoms with van der Waals surface area (Å²) in [5.41, 5.74) is 0. The van der Waals surface area contributed by atoms with Gasteiger partial charge in [-0.25, -0.2) is 9.36 Å². The Bertz CT molecular complexity index is 1030. The van der Waals surface area contributed by atoms with Gasteiger partial charge in [-0.05, 0) is 44.9 Å². The van der Waals surface area contributed by atoms with Gasteiger partial charge in [0.1, 0.15) is 12.7 Å². The molecule has 0 aliphatic carbocycles. The number of aliphatic hydroxyl groups excluding tert-OH is 1. The van der Waals surface area contributed by atoms with Crippen molar-refractivity contribution in [3.63, 3.8) is 0 Å². The number of ether oxygens (including phenoxy) is 1. The molecule has 0 rings (SSSR count). The van der Waals surface area contributed by atoms with Gasteiger partial charge < -0.3 is 25.2 Å². The number of nitrogens with one attached hydrogen (secondary N) is 1. The summed E-state index contributed by atoms with van der Waals surface area (Å²) in [5, 5.41) is 21.7. The van der Waals surface area contributed by atoms with E-state index in [4.69, 9.17) is 13.8 Å². The van der Waals surface area contributed by atoms with Gasteiger partial charge in [0.2, 0.25) is 5.91 Å². The van der Waals surface area contributed by atoms with Crippen LogP contribution in [0.4, 0.5) is 0 Å². The number of hydrogen-bond acceptors (Lipinski definition) is 8. The largest absolute Gasteiger partial charge is 0.480 e. The number of rotatable bonds is 37. The number of carboxylic acids is 1. The minimum atomic E-state index is -4.75. The number of esters is 1. The smallest absolute Gasteiger partial charge is 0.472 e. The van der Waals surface area contributed by atoms with Crippen molar-refractivity contribution in [1.29, 1.82) is 0 Å². The van der Waals surface area contributed by atoms with Crippen LogP contribution in [0.3, 0.4) is 0 Å². The first-order valence-corrected chi connectivity index (χ1v) is 21.5. The number of carbonyl (C=O) groups excluding carboxylic acids is 2. The second-order valence-corrected chi connectivity index (χ2v) is 14.9. The molecule has 0 spiro atoms. The number of carbonyl (C=O) groups is 3. The molecule has 11 nitrogen and oxygen atoms in total. The summed E-state index contributed by atoms with van der Waals surface area (Å²) in [6.07, 6.45) is 36.0. The highest BCUT2D eigenvalue weighted by Crippen LogP contribution is 2.43. The van der Waals surface area contributed by atoms with Crippen LogP contribution in [0.15, 0.2) is 36.5 Å². The second-order valence-electron chi connectivity index (χ2n) is 13.4. The molecule has 0 aliphatic heterocycles. The number of phosphoric ester groups is 1. The van der Waals surface area contributed by atoms with Crippen LogP contribution in [-0.2, 0) is 32.7 Å². The van der Waals surface area contributed by atoms with E-state index in [1.54, 1.807) is 0 Å². The van der Waals surface area contributed by atoms with E-state index in [1.807, 2.05) is 0 Å². The van der Waals surface area contributed by atoms with Crippen LogP contribution in [0, 0.1) is 0 Å². The monoisotopic (exact) mass is 757 g/mol. The third-order valence-corrected chi connectivity index (χ3v) is 9.39. The van der Waals surface area contributed by atoms with Gasteiger partial charge in [0.15, 0.2) is 6.04 Å². The first-order valence-electron chi connectivity index (χ1n) is 20.0. The molecule has 12 heteroatoms. The van der Waals surface area contributed by atoms with Crippen LogP contribution in [0.2, 0.25) is 0 Å². The average molecular weight is 758 g/mol. The Labute approximate surface area is 314 Å². The molecule has 4 N–H and O–H groups in total. The van der Waals surface area contributed by atoms with Crippen molar-refractivity contribution in [3.05, 3.63) is 36.5 Å². The molecule has 0 saturated carbocycles. The normalized spacial score (nSPS) is 14.2. The van der Waals surface area contributed by atoms with E-state index in [1.165, 1.54) is 44.9 Å². The molecule has 3 unspecified atom stereocenters. The summed E-state index contributed by atoms with van der Waals surface area (Å²) >= 11 is 0. The van der Waals surface area contributed by atoms with Crippen LogP contribution in [0.5, 0.6) is 0 Å². The van der Waals surface area contributed by atoms with Gasteiger partial charge in [0, 0.05) is 12.8 Å². The Morgan fingerprint density at radius 1 is 0.635 bits per heavy atom.